The Morgan fingerprint density at radius 1 is 1.38 bits per heavy atom. The fourth-order valence-electron chi connectivity index (χ4n) is 0.863. The third kappa shape index (κ3) is 1.26. The minimum atomic E-state index is -0.653. The number of hydrogen-bond acceptors (Lipinski definition) is 6. The maximum Gasteiger partial charge on any atom is 0.439 e. The third-order valence-corrected chi connectivity index (χ3v) is 1.39. The molecular formula is C6H5N5O2. The van der Waals surface area contributed by atoms with Crippen molar-refractivity contribution in [1.29, 1.82) is 0 Å². The van der Waals surface area contributed by atoms with Gasteiger partial charge < -0.3 is 5.73 Å². The molecule has 0 bridgehead atoms. The second-order valence-corrected chi connectivity index (χ2v) is 2.23. The molecule has 0 aliphatic carbocycles. The number of hydrogen-bond donors (Lipinski definition) is 2. The fourth-order valence-corrected chi connectivity index (χ4v) is 0.863. The van der Waals surface area contributed by atoms with Crippen LogP contribution in [0.3, 0.4) is 0 Å². The van der Waals surface area contributed by atoms with E-state index in [1.165, 1.54) is 12.4 Å². The molecule has 0 aliphatic rings. The Balaban J connectivity index is 2.58. The molecule has 2 rings (SSSR count). The van der Waals surface area contributed by atoms with E-state index < -0.39 is 5.76 Å². The van der Waals surface area contributed by atoms with Gasteiger partial charge in [-0.3, -0.25) is 9.51 Å². The van der Waals surface area contributed by atoms with Crippen molar-refractivity contribution in [3.8, 4) is 11.5 Å². The second kappa shape index (κ2) is 2.70. The van der Waals surface area contributed by atoms with E-state index in [0.29, 0.717) is 5.69 Å². The lowest BCUT2D eigenvalue weighted by Gasteiger charge is -1.95. The van der Waals surface area contributed by atoms with Crippen LogP contribution in [0.5, 0.6) is 0 Å². The molecule has 66 valence electrons. The van der Waals surface area contributed by atoms with Crippen molar-refractivity contribution in [2.24, 2.45) is 0 Å². The summed E-state index contributed by atoms with van der Waals surface area (Å²) in [6.07, 6.45) is 2.88. The molecule has 0 saturated heterocycles. The van der Waals surface area contributed by atoms with Gasteiger partial charge in [-0.05, 0) is 0 Å². The average molecular weight is 179 g/mol. The lowest BCUT2D eigenvalue weighted by atomic mass is 10.4. The van der Waals surface area contributed by atoms with Crippen LogP contribution >= 0.6 is 0 Å². The highest BCUT2D eigenvalue weighted by molar-refractivity contribution is 5.61. The molecule has 0 spiro atoms. The normalized spacial score (nSPS) is 10.2. The van der Waals surface area contributed by atoms with E-state index in [9.17, 15) is 4.79 Å². The molecule has 2 heterocycles. The number of nitrogens with one attached hydrogen (secondary N) is 1. The highest BCUT2D eigenvalue weighted by atomic mass is 16.5. The van der Waals surface area contributed by atoms with Crippen LogP contribution in [-0.2, 0) is 0 Å². The predicted octanol–water partition coefficient (Wildman–Crippen LogP) is -0.598. The number of nitrogen functional groups attached to an aromatic ring is 1. The molecule has 0 atom stereocenters. The van der Waals surface area contributed by atoms with Crippen LogP contribution in [0.25, 0.3) is 11.5 Å². The third-order valence-electron chi connectivity index (χ3n) is 1.39. The maximum atomic E-state index is 10.6. The first-order chi connectivity index (χ1) is 6.27. The number of nitrogens with two attached hydrogens (primary N) is 1. The lowest BCUT2D eigenvalue weighted by Crippen LogP contribution is -1.99. The standard InChI is InChI=1S/C6H5N5O2/c7-4-3(8-1-2-9-4)5-10-6(12)13-11-5/h1-2H,(H2,7,9)(H,10,11,12). The van der Waals surface area contributed by atoms with Gasteiger partial charge in [-0.25, -0.2) is 14.8 Å². The van der Waals surface area contributed by atoms with E-state index in [1.807, 2.05) is 0 Å². The van der Waals surface area contributed by atoms with Gasteiger partial charge in [-0.1, -0.05) is 5.16 Å². The van der Waals surface area contributed by atoms with E-state index >= 15 is 0 Å². The quantitative estimate of drug-likeness (QED) is 0.604. The predicted molar refractivity (Wildman–Crippen MR) is 42.6 cm³/mol. The molecule has 0 aliphatic heterocycles. The first kappa shape index (κ1) is 7.47. The lowest BCUT2D eigenvalue weighted by molar-refractivity contribution is 0.388. The minimum Gasteiger partial charge on any atom is -0.382 e. The molecule has 7 nitrogen and oxygen atoms in total. The van der Waals surface area contributed by atoms with Crippen molar-refractivity contribution < 1.29 is 4.52 Å². The van der Waals surface area contributed by atoms with Crippen molar-refractivity contribution in [2.75, 3.05) is 5.73 Å². The van der Waals surface area contributed by atoms with E-state index in [4.69, 9.17) is 5.73 Å². The average Bonchev–Trinajstić information content (AvgIpc) is 2.53. The van der Waals surface area contributed by atoms with Crippen LogP contribution in [0.4, 0.5) is 5.82 Å². The van der Waals surface area contributed by atoms with Crippen molar-refractivity contribution >= 4 is 5.82 Å². The fraction of sp³-hybridized carbons (Fsp3) is 0. The number of H-pyrrole nitrogens is 1. The highest BCUT2D eigenvalue weighted by Gasteiger charge is 2.09. The van der Waals surface area contributed by atoms with Gasteiger partial charge in [0, 0.05) is 12.4 Å². The zero-order valence-electron chi connectivity index (χ0n) is 6.39. The highest BCUT2D eigenvalue weighted by Crippen LogP contribution is 2.14. The SMILES string of the molecule is Nc1nccnc1-c1noc(=O)[nH]1. The summed E-state index contributed by atoms with van der Waals surface area (Å²) in [5.41, 5.74) is 5.78. The zero-order chi connectivity index (χ0) is 9.26. The summed E-state index contributed by atoms with van der Waals surface area (Å²) in [7, 11) is 0. The van der Waals surface area contributed by atoms with Gasteiger partial charge in [-0.2, -0.15) is 0 Å². The number of aromatic nitrogens is 4. The molecule has 0 amide bonds. The summed E-state index contributed by atoms with van der Waals surface area (Å²) in [6.45, 7) is 0. The monoisotopic (exact) mass is 179 g/mol. The Morgan fingerprint density at radius 3 is 2.77 bits per heavy atom. The van der Waals surface area contributed by atoms with Gasteiger partial charge in [0.2, 0.25) is 5.82 Å². The molecule has 0 saturated carbocycles. The molecule has 2 aromatic rings. The van der Waals surface area contributed by atoms with Crippen molar-refractivity contribution in [2.45, 2.75) is 0 Å². The largest absolute Gasteiger partial charge is 0.439 e. The zero-order valence-corrected chi connectivity index (χ0v) is 6.39. The van der Waals surface area contributed by atoms with E-state index in [2.05, 4.69) is 24.6 Å². The van der Waals surface area contributed by atoms with Crippen LogP contribution in [0.2, 0.25) is 0 Å². The summed E-state index contributed by atoms with van der Waals surface area (Å²) in [6, 6.07) is 0. The number of nitrogens with zero attached hydrogens (tertiary/aromatic N) is 3. The minimum absolute atomic E-state index is 0.176. The molecule has 0 fully saturated rings. The molecular weight excluding hydrogens is 174 g/mol. The van der Waals surface area contributed by atoms with Crippen LogP contribution in [0.15, 0.2) is 21.7 Å². The van der Waals surface area contributed by atoms with Gasteiger partial charge in [-0.15, -0.1) is 0 Å². The summed E-state index contributed by atoms with van der Waals surface area (Å²) >= 11 is 0. The first-order valence-corrected chi connectivity index (χ1v) is 3.40. The van der Waals surface area contributed by atoms with Gasteiger partial charge in [0.25, 0.3) is 0 Å². The molecule has 7 heteroatoms. The summed E-state index contributed by atoms with van der Waals surface area (Å²) in [5.74, 6) is -0.289. The van der Waals surface area contributed by atoms with E-state index in [-0.39, 0.29) is 11.6 Å². The number of aromatic amines is 1. The Labute approximate surface area is 71.6 Å². The van der Waals surface area contributed by atoms with Gasteiger partial charge >= 0.3 is 5.76 Å². The van der Waals surface area contributed by atoms with Crippen LogP contribution < -0.4 is 11.5 Å². The van der Waals surface area contributed by atoms with Crippen molar-refractivity contribution in [3.63, 3.8) is 0 Å². The first-order valence-electron chi connectivity index (χ1n) is 3.40. The van der Waals surface area contributed by atoms with Crippen LogP contribution in [0.1, 0.15) is 0 Å². The van der Waals surface area contributed by atoms with Crippen LogP contribution in [-0.4, -0.2) is 20.1 Å². The number of anilines is 1. The Kier molecular flexibility index (Phi) is 1.55. The molecule has 0 radical (unpaired) electrons. The Hall–Kier alpha value is -2.18. The Morgan fingerprint density at radius 2 is 2.15 bits per heavy atom. The molecule has 3 N–H and O–H groups in total. The molecule has 2 aromatic heterocycles. The molecule has 13 heavy (non-hydrogen) atoms. The van der Waals surface area contributed by atoms with Gasteiger partial charge in [0.1, 0.15) is 0 Å². The van der Waals surface area contributed by atoms with E-state index in [0.717, 1.165) is 0 Å². The van der Waals surface area contributed by atoms with Gasteiger partial charge in [0.05, 0.1) is 0 Å². The molecule has 0 unspecified atom stereocenters. The summed E-state index contributed by atoms with van der Waals surface area (Å²) in [4.78, 5) is 20.6. The van der Waals surface area contributed by atoms with Crippen molar-refractivity contribution in [3.05, 3.63) is 22.9 Å². The maximum absolute atomic E-state index is 10.6. The smallest absolute Gasteiger partial charge is 0.382 e. The van der Waals surface area contributed by atoms with Gasteiger partial charge in [0.15, 0.2) is 11.5 Å². The second-order valence-electron chi connectivity index (χ2n) is 2.23. The molecule has 0 aromatic carbocycles. The number of rotatable bonds is 1. The van der Waals surface area contributed by atoms with Crippen LogP contribution in [0, 0.1) is 0 Å². The summed E-state index contributed by atoms with van der Waals surface area (Å²) < 4.78 is 4.29. The summed E-state index contributed by atoms with van der Waals surface area (Å²) in [5, 5.41) is 3.42. The van der Waals surface area contributed by atoms with Crippen molar-refractivity contribution in [1.82, 2.24) is 20.1 Å². The topological polar surface area (TPSA) is 111 Å². The van der Waals surface area contributed by atoms with E-state index in [1.54, 1.807) is 0 Å². The Bertz CT molecular complexity index is 474.